The van der Waals surface area contributed by atoms with Gasteiger partial charge in [0.2, 0.25) is 0 Å². The molecular weight excluding hydrogens is 761 g/mol. The number of rotatable bonds is 9. The minimum Gasteiger partial charge on any atom is -0.343 e. The van der Waals surface area contributed by atoms with Crippen LogP contribution in [0.2, 0.25) is 6.55 Å². The molecule has 0 bridgehead atoms. The van der Waals surface area contributed by atoms with Gasteiger partial charge in [-0.1, -0.05) is 201 Å². The van der Waals surface area contributed by atoms with Crippen molar-refractivity contribution in [3.05, 3.63) is 189 Å². The van der Waals surface area contributed by atoms with Gasteiger partial charge in [-0.25, -0.2) is 0 Å². The number of benzene rings is 7. The quantitative estimate of drug-likeness (QED) is 0.0773. The van der Waals surface area contributed by atoms with Crippen molar-refractivity contribution in [2.45, 2.75) is 72.8 Å². The summed E-state index contributed by atoms with van der Waals surface area (Å²) < 4.78 is 0. The minimum atomic E-state index is -2.67. The Morgan fingerprint density at radius 3 is 1.24 bits per heavy atom. The Morgan fingerprint density at radius 1 is 0.458 bits per heavy atom. The summed E-state index contributed by atoms with van der Waals surface area (Å²) >= 11 is 0. The van der Waals surface area contributed by atoms with Crippen LogP contribution in [0, 0.1) is 13.8 Å². The van der Waals surface area contributed by atoms with Crippen LogP contribution in [-0.4, -0.2) is 8.07 Å². The zero-order chi connectivity index (χ0) is 40.6. The van der Waals surface area contributed by atoms with Gasteiger partial charge < -0.3 is 13.8 Å². The Morgan fingerprint density at radius 2 is 0.831 bits per heavy atom. The maximum atomic E-state index is 3.60. The molecule has 0 aliphatic heterocycles. The molecule has 9 aromatic rings. The predicted octanol–water partition coefficient (Wildman–Crippen LogP) is 14.5. The van der Waals surface area contributed by atoms with Crippen LogP contribution in [0.25, 0.3) is 65.3 Å². The summed E-state index contributed by atoms with van der Waals surface area (Å²) in [5.41, 5.74) is 8.32. The molecule has 0 unspecified atom stereocenters. The maximum absolute atomic E-state index is 3.60. The molecule has 0 spiro atoms. The van der Waals surface area contributed by atoms with E-state index in [-0.39, 0.29) is 21.7 Å². The molecule has 9 aromatic carbocycles. The molecule has 59 heavy (non-hydrogen) atoms. The molecule has 2 heteroatoms. The van der Waals surface area contributed by atoms with Crippen molar-refractivity contribution in [2.75, 3.05) is 0 Å². The third-order valence-corrected chi connectivity index (χ3v) is 16.5. The van der Waals surface area contributed by atoms with Gasteiger partial charge in [-0.15, -0.1) is 80.2 Å². The molecular formula is C57H58SiTi. The second kappa shape index (κ2) is 20.0. The van der Waals surface area contributed by atoms with Crippen LogP contribution in [-0.2, 0) is 34.6 Å². The van der Waals surface area contributed by atoms with Crippen molar-refractivity contribution < 1.29 is 21.7 Å². The van der Waals surface area contributed by atoms with Crippen LogP contribution in [0.3, 0.4) is 0 Å². The van der Waals surface area contributed by atoms with Crippen LogP contribution >= 0.6 is 0 Å². The van der Waals surface area contributed by atoms with Crippen LogP contribution in [0.15, 0.2) is 164 Å². The molecule has 0 nitrogen and oxygen atoms in total. The molecule has 294 valence electrons. The molecule has 0 fully saturated rings. The third kappa shape index (κ3) is 8.36. The van der Waals surface area contributed by atoms with Crippen molar-refractivity contribution in [3.8, 4) is 22.3 Å². The predicted molar refractivity (Wildman–Crippen MR) is 261 cm³/mol. The summed E-state index contributed by atoms with van der Waals surface area (Å²) in [6.07, 6.45) is 6.53. The molecule has 0 saturated heterocycles. The van der Waals surface area contributed by atoms with E-state index in [2.05, 4.69) is 212 Å². The van der Waals surface area contributed by atoms with Crippen molar-refractivity contribution >= 4 is 66.7 Å². The molecule has 0 aromatic heterocycles. The van der Waals surface area contributed by atoms with E-state index in [1.165, 1.54) is 105 Å². The number of hydrogen-bond acceptors (Lipinski definition) is 0. The largest absolute Gasteiger partial charge is 4.00 e. The summed E-state index contributed by atoms with van der Waals surface area (Å²) in [5.74, 6) is 0. The van der Waals surface area contributed by atoms with E-state index in [4.69, 9.17) is 0 Å². The second-order valence-corrected chi connectivity index (χ2v) is 19.5. The monoisotopic (exact) mass is 818 g/mol. The molecule has 0 heterocycles. The molecule has 0 aliphatic rings. The van der Waals surface area contributed by atoms with Crippen molar-refractivity contribution in [3.63, 3.8) is 0 Å². The standard InChI is InChI=1S/C49H40Si.2C4H9.Ti/c1-4-33-31-37-21-15-29-44(48(37)46(33)42-27-13-19-35-17-9-11-25-40(35)42)50(3,39-23-7-6-8-24-39)45-30-16-22-38-32-34(5-2)47(49(38)45)43-28-14-20-36-18-10-12-26-41(36)43;2*1-3-4-2;/h6-32H,4-5H2,1-3H3;2*1,3-4H2,2H3;/q-2;2*-1;+4. The molecule has 0 atom stereocenters. The van der Waals surface area contributed by atoms with E-state index in [1.54, 1.807) is 0 Å². The summed E-state index contributed by atoms with van der Waals surface area (Å²) in [5, 5.41) is 15.1. The van der Waals surface area contributed by atoms with Gasteiger partial charge >= 0.3 is 21.7 Å². The first-order valence-corrected chi connectivity index (χ1v) is 24.0. The van der Waals surface area contributed by atoms with Crippen molar-refractivity contribution in [1.29, 1.82) is 0 Å². The van der Waals surface area contributed by atoms with Gasteiger partial charge in [0.15, 0.2) is 0 Å². The third-order valence-electron chi connectivity index (χ3n) is 12.0. The second-order valence-electron chi connectivity index (χ2n) is 15.6. The molecule has 0 radical (unpaired) electrons. The Balaban J connectivity index is 0.000000599. The average molecular weight is 819 g/mol. The normalized spacial score (nSPS) is 11.2. The fraction of sp³-hybridized carbons (Fsp3) is 0.193. The van der Waals surface area contributed by atoms with Crippen LogP contribution < -0.4 is 15.6 Å². The SMILES string of the molecule is CCc1[cH-]c2cccc([Si](C)(c3ccccc3)c3cccc4[cH-]c(CC)c(-c5cccc6ccccc56)c34)c2c1-c1cccc2ccccc12.[CH2-]CCC.[CH2-]CCC.[Ti+4]. The van der Waals surface area contributed by atoms with Gasteiger partial charge in [0.1, 0.15) is 8.07 Å². The van der Waals surface area contributed by atoms with Gasteiger partial charge in [0, 0.05) is 0 Å². The first-order chi connectivity index (χ1) is 28.4. The van der Waals surface area contributed by atoms with Gasteiger partial charge in [-0.2, -0.15) is 12.8 Å². The number of fused-ring (bicyclic) bond motifs is 4. The first kappa shape index (κ1) is 43.8. The van der Waals surface area contributed by atoms with Crippen LogP contribution in [0.1, 0.15) is 64.5 Å². The summed E-state index contributed by atoms with van der Waals surface area (Å²) in [4.78, 5) is 0. The molecule has 0 amide bonds. The molecule has 9 rings (SSSR count). The van der Waals surface area contributed by atoms with E-state index in [1.807, 2.05) is 0 Å². The zero-order valence-corrected chi connectivity index (χ0v) is 38.3. The average Bonchev–Trinajstić information content (AvgIpc) is 3.87. The topological polar surface area (TPSA) is 0 Å². The van der Waals surface area contributed by atoms with Crippen molar-refractivity contribution in [1.82, 2.24) is 0 Å². The van der Waals surface area contributed by atoms with Gasteiger partial charge in [-0.05, 0) is 34.4 Å². The van der Waals surface area contributed by atoms with Gasteiger partial charge in [0.05, 0.1) is 0 Å². The van der Waals surface area contributed by atoms with E-state index in [0.29, 0.717) is 0 Å². The Hall–Kier alpha value is -4.79. The van der Waals surface area contributed by atoms with Crippen LogP contribution in [0.5, 0.6) is 0 Å². The summed E-state index contributed by atoms with van der Waals surface area (Å²) in [6, 6.07) is 62.0. The Kier molecular flexibility index (Phi) is 14.8. The summed E-state index contributed by atoms with van der Waals surface area (Å²) in [6.45, 7) is 18.7. The van der Waals surface area contributed by atoms with E-state index in [0.717, 1.165) is 25.7 Å². The van der Waals surface area contributed by atoms with Crippen molar-refractivity contribution in [2.24, 2.45) is 0 Å². The Bertz CT molecular complexity index is 2580. The van der Waals surface area contributed by atoms with Crippen LogP contribution in [0.4, 0.5) is 0 Å². The number of aryl methyl sites for hydroxylation is 2. The molecule has 0 saturated carbocycles. The Labute approximate surface area is 370 Å². The fourth-order valence-electron chi connectivity index (χ4n) is 8.90. The van der Waals surface area contributed by atoms with E-state index < -0.39 is 8.07 Å². The van der Waals surface area contributed by atoms with E-state index in [9.17, 15) is 0 Å². The number of hydrogen-bond donors (Lipinski definition) is 0. The minimum absolute atomic E-state index is 0. The molecule has 0 N–H and O–H groups in total. The van der Waals surface area contributed by atoms with Gasteiger partial charge in [-0.3, -0.25) is 0 Å². The zero-order valence-electron chi connectivity index (χ0n) is 35.7. The smallest absolute Gasteiger partial charge is 0.343 e. The first-order valence-electron chi connectivity index (χ1n) is 21.5. The summed E-state index contributed by atoms with van der Waals surface area (Å²) in [7, 11) is -2.67. The fourth-order valence-corrected chi connectivity index (χ4v) is 13.1. The maximum Gasteiger partial charge on any atom is 4.00 e. The molecule has 0 aliphatic carbocycles. The number of unbranched alkanes of at least 4 members (excludes halogenated alkanes) is 2. The van der Waals surface area contributed by atoms with E-state index >= 15 is 0 Å². The van der Waals surface area contributed by atoms with Gasteiger partial charge in [0.25, 0.3) is 0 Å².